The van der Waals surface area contributed by atoms with Crippen molar-refractivity contribution >= 4 is 24.8 Å². The SMILES string of the molecule is OB(c1ccc(F)cc1)C(OC(B(O)c1ccc(F)cc1)c1ccccc1)c1ccccc1. The maximum absolute atomic E-state index is 13.5. The Kier molecular flexibility index (Phi) is 7.35. The van der Waals surface area contributed by atoms with Crippen molar-refractivity contribution in [2.45, 2.75) is 12.0 Å². The van der Waals surface area contributed by atoms with E-state index < -0.39 is 37.5 Å². The predicted molar refractivity (Wildman–Crippen MR) is 127 cm³/mol. The molecule has 0 radical (unpaired) electrons. The van der Waals surface area contributed by atoms with Gasteiger partial charge in [0.2, 0.25) is 0 Å². The lowest BCUT2D eigenvalue weighted by Gasteiger charge is -2.29. The zero-order valence-electron chi connectivity index (χ0n) is 17.8. The van der Waals surface area contributed by atoms with Crippen LogP contribution in [0.25, 0.3) is 0 Å². The van der Waals surface area contributed by atoms with Crippen LogP contribution in [0.1, 0.15) is 23.1 Å². The van der Waals surface area contributed by atoms with Crippen LogP contribution < -0.4 is 10.9 Å². The average Bonchev–Trinajstić information content (AvgIpc) is 2.86. The Morgan fingerprint density at radius 1 is 0.515 bits per heavy atom. The van der Waals surface area contributed by atoms with Gasteiger partial charge in [0.15, 0.2) is 0 Å². The fourth-order valence-corrected chi connectivity index (χ4v) is 3.78. The molecular formula is C26H22B2F2O3. The molecule has 0 aliphatic rings. The van der Waals surface area contributed by atoms with E-state index in [1.54, 1.807) is 0 Å². The van der Waals surface area contributed by atoms with E-state index in [2.05, 4.69) is 0 Å². The number of ether oxygens (including phenoxy) is 1. The van der Waals surface area contributed by atoms with Crippen LogP contribution in [0.2, 0.25) is 0 Å². The van der Waals surface area contributed by atoms with Gasteiger partial charge in [0.25, 0.3) is 0 Å². The second-order valence-electron chi connectivity index (χ2n) is 7.79. The van der Waals surface area contributed by atoms with E-state index in [1.165, 1.54) is 48.5 Å². The third-order valence-corrected chi connectivity index (χ3v) is 5.55. The molecule has 3 nitrogen and oxygen atoms in total. The molecule has 4 rings (SSSR count). The molecule has 0 saturated heterocycles. The fourth-order valence-electron chi connectivity index (χ4n) is 3.78. The summed E-state index contributed by atoms with van der Waals surface area (Å²) in [6.45, 7) is -2.25. The Morgan fingerprint density at radius 2 is 0.848 bits per heavy atom. The molecule has 0 aliphatic carbocycles. The minimum absolute atomic E-state index is 0.406. The highest BCUT2D eigenvalue weighted by Crippen LogP contribution is 2.29. The molecule has 0 heterocycles. The standard InChI is InChI=1S/C26H22B2F2O3/c29-23-15-11-21(12-16-23)27(31)25(19-7-3-1-4-8-19)33-26(20-9-5-2-6-10-20)28(32)22-13-17-24(30)18-14-22/h1-18,25-26,31-32H. The highest BCUT2D eigenvalue weighted by molar-refractivity contribution is 6.68. The Morgan fingerprint density at radius 3 is 1.18 bits per heavy atom. The first-order valence-electron chi connectivity index (χ1n) is 10.7. The van der Waals surface area contributed by atoms with E-state index in [0.717, 1.165) is 0 Å². The van der Waals surface area contributed by atoms with Crippen molar-refractivity contribution in [2.24, 2.45) is 0 Å². The molecule has 4 aromatic carbocycles. The van der Waals surface area contributed by atoms with Crippen molar-refractivity contribution < 1.29 is 23.6 Å². The van der Waals surface area contributed by atoms with Gasteiger partial charge in [-0.05, 0) is 46.3 Å². The van der Waals surface area contributed by atoms with E-state index in [0.29, 0.717) is 22.1 Å². The lowest BCUT2D eigenvalue weighted by atomic mass is 9.52. The maximum Gasteiger partial charge on any atom is 0.359 e. The summed E-state index contributed by atoms with van der Waals surface area (Å²) in [6, 6.07) is 27.7. The van der Waals surface area contributed by atoms with Crippen molar-refractivity contribution in [1.29, 1.82) is 0 Å². The van der Waals surface area contributed by atoms with Crippen LogP contribution in [0.3, 0.4) is 0 Å². The van der Waals surface area contributed by atoms with Gasteiger partial charge in [-0.25, -0.2) is 8.78 Å². The molecular weight excluding hydrogens is 420 g/mol. The highest BCUT2D eigenvalue weighted by Gasteiger charge is 2.37. The van der Waals surface area contributed by atoms with Gasteiger partial charge in [-0.2, -0.15) is 0 Å². The third kappa shape index (κ3) is 5.57. The van der Waals surface area contributed by atoms with E-state index in [9.17, 15) is 18.8 Å². The minimum atomic E-state index is -1.13. The van der Waals surface area contributed by atoms with Gasteiger partial charge in [0, 0.05) is 0 Å². The Labute approximate surface area is 192 Å². The van der Waals surface area contributed by atoms with E-state index in [4.69, 9.17) is 4.74 Å². The van der Waals surface area contributed by atoms with Crippen LogP contribution in [-0.2, 0) is 4.74 Å². The lowest BCUT2D eigenvalue weighted by Crippen LogP contribution is -2.44. The predicted octanol–water partition coefficient (Wildman–Crippen LogP) is 3.62. The van der Waals surface area contributed by atoms with Crippen molar-refractivity contribution in [3.8, 4) is 0 Å². The largest absolute Gasteiger partial charge is 0.445 e. The number of hydrogen-bond donors (Lipinski definition) is 2. The van der Waals surface area contributed by atoms with Crippen LogP contribution in [-0.4, -0.2) is 23.9 Å². The molecule has 0 fully saturated rings. The fraction of sp³-hybridized carbons (Fsp3) is 0.0769. The van der Waals surface area contributed by atoms with Gasteiger partial charge >= 0.3 is 13.8 Å². The van der Waals surface area contributed by atoms with Crippen LogP contribution in [0.15, 0.2) is 109 Å². The zero-order chi connectivity index (χ0) is 23.2. The third-order valence-electron chi connectivity index (χ3n) is 5.55. The Balaban J connectivity index is 1.73. The van der Waals surface area contributed by atoms with E-state index in [-0.39, 0.29) is 0 Å². The van der Waals surface area contributed by atoms with Crippen molar-refractivity contribution in [3.63, 3.8) is 0 Å². The number of rotatable bonds is 8. The van der Waals surface area contributed by atoms with Gasteiger partial charge < -0.3 is 14.8 Å². The average molecular weight is 442 g/mol. The number of benzene rings is 4. The molecule has 2 N–H and O–H groups in total. The first kappa shape index (κ1) is 22.9. The molecule has 2 unspecified atom stereocenters. The van der Waals surface area contributed by atoms with Gasteiger partial charge in [-0.3, -0.25) is 0 Å². The molecule has 7 heteroatoms. The molecule has 33 heavy (non-hydrogen) atoms. The highest BCUT2D eigenvalue weighted by atomic mass is 19.1. The lowest BCUT2D eigenvalue weighted by molar-refractivity contribution is 0.0592. The topological polar surface area (TPSA) is 49.7 Å². The number of halogens is 2. The quantitative estimate of drug-likeness (QED) is 0.410. The van der Waals surface area contributed by atoms with Gasteiger partial charge in [0.05, 0.1) is 12.0 Å². The molecule has 0 saturated carbocycles. The summed E-state index contributed by atoms with van der Waals surface area (Å²) in [7, 11) is 0. The van der Waals surface area contributed by atoms with Crippen molar-refractivity contribution in [3.05, 3.63) is 132 Å². The maximum atomic E-state index is 13.5. The second kappa shape index (κ2) is 10.6. The first-order chi connectivity index (χ1) is 16.0. The van der Waals surface area contributed by atoms with Gasteiger partial charge in [-0.15, -0.1) is 0 Å². The summed E-state index contributed by atoms with van der Waals surface area (Å²) >= 11 is 0. The molecule has 4 aromatic rings. The molecule has 0 bridgehead atoms. The van der Waals surface area contributed by atoms with Crippen LogP contribution in [0.4, 0.5) is 8.78 Å². The Bertz CT molecular complexity index is 1050. The summed E-state index contributed by atoms with van der Waals surface area (Å²) < 4.78 is 33.3. The molecule has 2 atom stereocenters. The number of hydrogen-bond acceptors (Lipinski definition) is 3. The molecule has 0 aromatic heterocycles. The van der Waals surface area contributed by atoms with E-state index in [1.807, 2.05) is 60.7 Å². The molecule has 0 amide bonds. The molecule has 0 spiro atoms. The monoisotopic (exact) mass is 442 g/mol. The second-order valence-corrected chi connectivity index (χ2v) is 7.79. The normalized spacial score (nSPS) is 12.7. The summed E-state index contributed by atoms with van der Waals surface area (Å²) in [5.41, 5.74) is 2.35. The first-order valence-corrected chi connectivity index (χ1v) is 10.7. The summed E-state index contributed by atoms with van der Waals surface area (Å²) in [5, 5.41) is 22.5. The summed E-state index contributed by atoms with van der Waals surface area (Å²) in [6.07, 6.45) is 0. The minimum Gasteiger partial charge on any atom is -0.445 e. The molecule has 164 valence electrons. The van der Waals surface area contributed by atoms with Crippen molar-refractivity contribution in [2.75, 3.05) is 0 Å². The zero-order valence-corrected chi connectivity index (χ0v) is 17.8. The van der Waals surface area contributed by atoms with Crippen molar-refractivity contribution in [1.82, 2.24) is 0 Å². The molecule has 0 aliphatic heterocycles. The summed E-state index contributed by atoms with van der Waals surface area (Å²) in [4.78, 5) is 0. The van der Waals surface area contributed by atoms with Crippen LogP contribution in [0, 0.1) is 11.6 Å². The smallest absolute Gasteiger partial charge is 0.359 e. The van der Waals surface area contributed by atoms with Crippen LogP contribution >= 0.6 is 0 Å². The Hall–Kier alpha value is -3.25. The van der Waals surface area contributed by atoms with Gasteiger partial charge in [-0.1, -0.05) is 84.9 Å². The van der Waals surface area contributed by atoms with Gasteiger partial charge in [0.1, 0.15) is 11.6 Å². The van der Waals surface area contributed by atoms with Crippen LogP contribution in [0.5, 0.6) is 0 Å². The van der Waals surface area contributed by atoms with E-state index >= 15 is 0 Å². The summed E-state index contributed by atoms with van der Waals surface area (Å²) in [5.74, 6) is -0.811.